The van der Waals surface area contributed by atoms with E-state index in [-0.39, 0.29) is 11.8 Å². The first-order chi connectivity index (χ1) is 7.86. The van der Waals surface area contributed by atoms with Crippen molar-refractivity contribution in [3.05, 3.63) is 11.8 Å². The van der Waals surface area contributed by atoms with Gasteiger partial charge in [0.2, 0.25) is 5.95 Å². The molecule has 1 rings (SSSR count). The Hall–Kier alpha value is -1.64. The van der Waals surface area contributed by atoms with Crippen LogP contribution in [0.4, 0.5) is 29.3 Å². The molecular formula is C8H11F4N5. The summed E-state index contributed by atoms with van der Waals surface area (Å²) in [5, 5.41) is 2.13. The van der Waals surface area contributed by atoms with Gasteiger partial charge >= 0.3 is 12.3 Å². The molecule has 9 heteroatoms. The second-order valence-corrected chi connectivity index (χ2v) is 3.28. The molecule has 0 fully saturated rings. The molecule has 0 atom stereocenters. The van der Waals surface area contributed by atoms with Gasteiger partial charge in [-0.2, -0.15) is 13.8 Å². The normalized spacial score (nSPS) is 11.7. The van der Waals surface area contributed by atoms with Gasteiger partial charge in [0.05, 0.1) is 6.54 Å². The SMILES string of the molecule is Cc1cnc(NN)nc1NCC(F)(F)C(F)F. The van der Waals surface area contributed by atoms with Crippen molar-refractivity contribution in [1.29, 1.82) is 0 Å². The van der Waals surface area contributed by atoms with Gasteiger partial charge in [0.1, 0.15) is 5.82 Å². The molecule has 1 heterocycles. The second kappa shape index (κ2) is 5.13. The summed E-state index contributed by atoms with van der Waals surface area (Å²) in [5.74, 6) is 0.931. The van der Waals surface area contributed by atoms with Crippen LogP contribution in [0.2, 0.25) is 0 Å². The van der Waals surface area contributed by atoms with Crippen molar-refractivity contribution in [2.75, 3.05) is 17.3 Å². The van der Waals surface area contributed by atoms with E-state index in [1.54, 1.807) is 6.92 Å². The molecule has 0 saturated carbocycles. The number of nitrogen functional groups attached to an aromatic ring is 1. The smallest absolute Gasteiger partial charge is 0.324 e. The van der Waals surface area contributed by atoms with Gasteiger partial charge in [-0.1, -0.05) is 0 Å². The molecule has 0 unspecified atom stereocenters. The first kappa shape index (κ1) is 13.4. The number of aryl methyl sites for hydroxylation is 1. The fourth-order valence-electron chi connectivity index (χ4n) is 0.969. The van der Waals surface area contributed by atoms with E-state index in [1.807, 2.05) is 0 Å². The first-order valence-corrected chi connectivity index (χ1v) is 4.57. The number of halogens is 4. The first-order valence-electron chi connectivity index (χ1n) is 4.57. The summed E-state index contributed by atoms with van der Waals surface area (Å²) < 4.78 is 49.1. The molecule has 0 aliphatic rings. The topological polar surface area (TPSA) is 75.9 Å². The van der Waals surface area contributed by atoms with Crippen LogP contribution >= 0.6 is 0 Å². The molecule has 1 aromatic rings. The van der Waals surface area contributed by atoms with Crippen LogP contribution < -0.4 is 16.6 Å². The maximum atomic E-state index is 12.6. The Balaban J connectivity index is 2.75. The van der Waals surface area contributed by atoms with Crippen LogP contribution in [0.25, 0.3) is 0 Å². The van der Waals surface area contributed by atoms with Crippen LogP contribution in [-0.2, 0) is 0 Å². The summed E-state index contributed by atoms with van der Waals surface area (Å²) in [4.78, 5) is 7.43. The van der Waals surface area contributed by atoms with Crippen molar-refractivity contribution in [3.63, 3.8) is 0 Å². The number of anilines is 2. The monoisotopic (exact) mass is 253 g/mol. The van der Waals surface area contributed by atoms with E-state index in [0.29, 0.717) is 5.56 Å². The number of hydrazine groups is 1. The average molecular weight is 253 g/mol. The zero-order valence-electron chi connectivity index (χ0n) is 8.85. The maximum Gasteiger partial charge on any atom is 0.324 e. The van der Waals surface area contributed by atoms with E-state index in [4.69, 9.17) is 5.84 Å². The van der Waals surface area contributed by atoms with Crippen molar-refractivity contribution >= 4 is 11.8 Å². The number of aromatic nitrogens is 2. The summed E-state index contributed by atoms with van der Waals surface area (Å²) in [6.45, 7) is 0.329. The fraction of sp³-hybridized carbons (Fsp3) is 0.500. The lowest BCUT2D eigenvalue weighted by Crippen LogP contribution is -2.35. The molecule has 0 aliphatic carbocycles. The molecule has 0 saturated heterocycles. The van der Waals surface area contributed by atoms with E-state index in [1.165, 1.54) is 6.20 Å². The number of rotatable bonds is 5. The number of alkyl halides is 4. The fourth-order valence-corrected chi connectivity index (χ4v) is 0.969. The predicted molar refractivity (Wildman–Crippen MR) is 54.0 cm³/mol. The van der Waals surface area contributed by atoms with Crippen molar-refractivity contribution in [3.8, 4) is 0 Å². The quantitative estimate of drug-likeness (QED) is 0.420. The number of nitrogens with zero attached hydrogens (tertiary/aromatic N) is 2. The number of hydrogen-bond acceptors (Lipinski definition) is 5. The predicted octanol–water partition coefficient (Wildman–Crippen LogP) is 1.38. The molecule has 0 amide bonds. The second-order valence-electron chi connectivity index (χ2n) is 3.28. The van der Waals surface area contributed by atoms with Crippen LogP contribution in [0.3, 0.4) is 0 Å². The molecule has 4 N–H and O–H groups in total. The van der Waals surface area contributed by atoms with E-state index in [0.717, 1.165) is 0 Å². The Morgan fingerprint density at radius 2 is 2.12 bits per heavy atom. The van der Waals surface area contributed by atoms with Gasteiger partial charge in [-0.15, -0.1) is 0 Å². The molecule has 17 heavy (non-hydrogen) atoms. The van der Waals surface area contributed by atoms with Crippen molar-refractivity contribution in [2.45, 2.75) is 19.3 Å². The molecule has 0 radical (unpaired) electrons. The molecule has 0 aromatic carbocycles. The Labute approximate surface area is 94.4 Å². The van der Waals surface area contributed by atoms with Gasteiger partial charge in [-0.05, 0) is 6.92 Å². The van der Waals surface area contributed by atoms with E-state index < -0.39 is 18.9 Å². The highest BCUT2D eigenvalue weighted by Crippen LogP contribution is 2.23. The Bertz CT molecular complexity index is 384. The highest BCUT2D eigenvalue weighted by molar-refractivity contribution is 5.46. The maximum absolute atomic E-state index is 12.6. The molecule has 0 spiro atoms. The largest absolute Gasteiger partial charge is 0.363 e. The average Bonchev–Trinajstić information content (AvgIpc) is 2.28. The van der Waals surface area contributed by atoms with Crippen LogP contribution in [0.5, 0.6) is 0 Å². The highest BCUT2D eigenvalue weighted by Gasteiger charge is 2.40. The third kappa shape index (κ3) is 3.41. The molecule has 1 aromatic heterocycles. The molecule has 96 valence electrons. The number of hydrogen-bond donors (Lipinski definition) is 3. The van der Waals surface area contributed by atoms with E-state index >= 15 is 0 Å². The number of nitrogens with two attached hydrogens (primary N) is 1. The zero-order valence-corrected chi connectivity index (χ0v) is 8.85. The Kier molecular flexibility index (Phi) is 4.05. The Morgan fingerprint density at radius 3 is 2.65 bits per heavy atom. The third-order valence-corrected chi connectivity index (χ3v) is 1.91. The van der Waals surface area contributed by atoms with Gasteiger partial charge < -0.3 is 5.32 Å². The lowest BCUT2D eigenvalue weighted by Gasteiger charge is -2.17. The number of nitrogens with one attached hydrogen (secondary N) is 2. The van der Waals surface area contributed by atoms with Crippen molar-refractivity contribution in [2.24, 2.45) is 5.84 Å². The van der Waals surface area contributed by atoms with Gasteiger partial charge in [-0.3, -0.25) is 5.43 Å². The third-order valence-electron chi connectivity index (χ3n) is 1.91. The summed E-state index contributed by atoms with van der Waals surface area (Å²) >= 11 is 0. The molecular weight excluding hydrogens is 242 g/mol. The van der Waals surface area contributed by atoms with Crippen LogP contribution in [0, 0.1) is 6.92 Å². The van der Waals surface area contributed by atoms with E-state index in [2.05, 4.69) is 20.7 Å². The van der Waals surface area contributed by atoms with Crippen molar-refractivity contribution < 1.29 is 17.6 Å². The van der Waals surface area contributed by atoms with E-state index in [9.17, 15) is 17.6 Å². The minimum atomic E-state index is -4.12. The van der Waals surface area contributed by atoms with Crippen molar-refractivity contribution in [1.82, 2.24) is 9.97 Å². The summed E-state index contributed by atoms with van der Waals surface area (Å²) in [5.41, 5.74) is 2.56. The highest BCUT2D eigenvalue weighted by atomic mass is 19.3. The van der Waals surface area contributed by atoms with Crippen LogP contribution in [0.1, 0.15) is 5.56 Å². The minimum Gasteiger partial charge on any atom is -0.363 e. The van der Waals surface area contributed by atoms with Gasteiger partial charge in [-0.25, -0.2) is 19.6 Å². The summed E-state index contributed by atoms with van der Waals surface area (Å²) in [6.07, 6.45) is -2.41. The molecule has 5 nitrogen and oxygen atoms in total. The van der Waals surface area contributed by atoms with Gasteiger partial charge in [0, 0.05) is 11.8 Å². The molecule has 0 aliphatic heterocycles. The van der Waals surface area contributed by atoms with Crippen LogP contribution in [-0.4, -0.2) is 28.9 Å². The standard InChI is InChI=1S/C8H11F4N5/c1-4-2-14-7(17-13)16-5(4)15-3-8(11,12)6(9)10/h2,6H,3,13H2,1H3,(H2,14,15,16,17). The summed E-state index contributed by atoms with van der Waals surface area (Å²) in [6, 6.07) is 0. The zero-order chi connectivity index (χ0) is 13.1. The molecule has 0 bridgehead atoms. The van der Waals surface area contributed by atoms with Gasteiger partial charge in [0.15, 0.2) is 0 Å². The Morgan fingerprint density at radius 1 is 1.47 bits per heavy atom. The van der Waals surface area contributed by atoms with Gasteiger partial charge in [0.25, 0.3) is 0 Å². The summed E-state index contributed by atoms with van der Waals surface area (Å²) in [7, 11) is 0. The lowest BCUT2D eigenvalue weighted by molar-refractivity contribution is -0.117. The lowest BCUT2D eigenvalue weighted by atomic mass is 10.3. The van der Waals surface area contributed by atoms with Crippen LogP contribution in [0.15, 0.2) is 6.20 Å². The minimum absolute atomic E-state index is 0.00142.